The second kappa shape index (κ2) is 9.07. The molecule has 0 bridgehead atoms. The molecule has 0 saturated heterocycles. The van der Waals surface area contributed by atoms with E-state index < -0.39 is 0 Å². The Labute approximate surface area is 261 Å². The molecule has 2 heteroatoms. The number of hydrogen-bond donors (Lipinski definition) is 1. The van der Waals surface area contributed by atoms with Crippen molar-refractivity contribution in [3.8, 4) is 33.4 Å². The lowest BCUT2D eigenvalue weighted by Gasteiger charge is -2.30. The Hall–Kier alpha value is -5.86. The van der Waals surface area contributed by atoms with E-state index in [1.807, 2.05) is 18.2 Å². The molecule has 1 spiro atoms. The zero-order chi connectivity index (χ0) is 29.5. The fourth-order valence-corrected chi connectivity index (χ4v) is 8.09. The Bertz CT molecular complexity index is 2420. The van der Waals surface area contributed by atoms with Crippen LogP contribution in [-0.4, -0.2) is 0 Å². The predicted octanol–water partition coefficient (Wildman–Crippen LogP) is 11.3. The molecule has 7 aromatic carbocycles. The SMILES string of the molecule is c1ccc2c(c1)-c1ccccc1C21c2ccccc2-c2cc(Nc3ccc(-c4cccc5oc6ccccc6c45)cc3)ccc21. The minimum Gasteiger partial charge on any atom is -0.456 e. The molecule has 210 valence electrons. The third-order valence-corrected chi connectivity index (χ3v) is 9.88. The quantitative estimate of drug-likeness (QED) is 0.227. The molecule has 1 heterocycles. The van der Waals surface area contributed by atoms with E-state index in [0.29, 0.717) is 0 Å². The monoisotopic (exact) mass is 573 g/mol. The zero-order valence-corrected chi connectivity index (χ0v) is 24.4. The molecule has 8 aromatic rings. The van der Waals surface area contributed by atoms with E-state index in [9.17, 15) is 0 Å². The fraction of sp³-hybridized carbons (Fsp3) is 0.0233. The molecule has 0 saturated carbocycles. The molecule has 1 aromatic heterocycles. The lowest BCUT2D eigenvalue weighted by atomic mass is 9.70. The Morgan fingerprint density at radius 3 is 1.64 bits per heavy atom. The lowest BCUT2D eigenvalue weighted by molar-refractivity contribution is 0.669. The molecule has 0 radical (unpaired) electrons. The summed E-state index contributed by atoms with van der Waals surface area (Å²) in [7, 11) is 0. The molecule has 2 aliphatic rings. The molecule has 2 aliphatic carbocycles. The lowest BCUT2D eigenvalue weighted by Crippen LogP contribution is -2.25. The van der Waals surface area contributed by atoms with E-state index >= 15 is 0 Å². The highest BCUT2D eigenvalue weighted by Crippen LogP contribution is 2.62. The first-order valence-electron chi connectivity index (χ1n) is 15.5. The van der Waals surface area contributed by atoms with Crippen molar-refractivity contribution < 1.29 is 4.42 Å². The van der Waals surface area contributed by atoms with Gasteiger partial charge in [-0.05, 0) is 92.0 Å². The van der Waals surface area contributed by atoms with Gasteiger partial charge in [-0.2, -0.15) is 0 Å². The van der Waals surface area contributed by atoms with Crippen LogP contribution in [0.3, 0.4) is 0 Å². The van der Waals surface area contributed by atoms with Gasteiger partial charge in [0.15, 0.2) is 0 Å². The summed E-state index contributed by atoms with van der Waals surface area (Å²) in [6.45, 7) is 0. The number of benzene rings is 7. The van der Waals surface area contributed by atoms with Crippen LogP contribution in [0.1, 0.15) is 22.3 Å². The summed E-state index contributed by atoms with van der Waals surface area (Å²) < 4.78 is 6.14. The van der Waals surface area contributed by atoms with Crippen molar-refractivity contribution in [1.29, 1.82) is 0 Å². The number of rotatable bonds is 3. The van der Waals surface area contributed by atoms with Gasteiger partial charge in [0.1, 0.15) is 11.2 Å². The van der Waals surface area contributed by atoms with Crippen molar-refractivity contribution in [2.24, 2.45) is 0 Å². The van der Waals surface area contributed by atoms with Gasteiger partial charge < -0.3 is 9.73 Å². The van der Waals surface area contributed by atoms with Gasteiger partial charge in [0.05, 0.1) is 5.41 Å². The molecular formula is C43H27NO. The highest BCUT2D eigenvalue weighted by molar-refractivity contribution is 6.12. The van der Waals surface area contributed by atoms with Gasteiger partial charge in [-0.15, -0.1) is 0 Å². The van der Waals surface area contributed by atoms with E-state index in [4.69, 9.17) is 4.42 Å². The van der Waals surface area contributed by atoms with Gasteiger partial charge in [0.2, 0.25) is 0 Å². The van der Waals surface area contributed by atoms with Crippen LogP contribution in [0.15, 0.2) is 162 Å². The van der Waals surface area contributed by atoms with E-state index in [0.717, 1.165) is 33.3 Å². The van der Waals surface area contributed by atoms with Gasteiger partial charge >= 0.3 is 0 Å². The Morgan fingerprint density at radius 2 is 0.933 bits per heavy atom. The smallest absolute Gasteiger partial charge is 0.136 e. The average molecular weight is 574 g/mol. The minimum atomic E-state index is -0.308. The Balaban J connectivity index is 1.06. The second-order valence-electron chi connectivity index (χ2n) is 12.1. The summed E-state index contributed by atoms with van der Waals surface area (Å²) in [4.78, 5) is 0. The van der Waals surface area contributed by atoms with E-state index in [1.54, 1.807) is 0 Å². The largest absolute Gasteiger partial charge is 0.456 e. The molecule has 0 amide bonds. The topological polar surface area (TPSA) is 25.2 Å². The predicted molar refractivity (Wildman–Crippen MR) is 185 cm³/mol. The second-order valence-corrected chi connectivity index (χ2v) is 12.1. The number of anilines is 2. The highest BCUT2D eigenvalue weighted by atomic mass is 16.3. The first kappa shape index (κ1) is 24.6. The summed E-state index contributed by atoms with van der Waals surface area (Å²) in [5, 5.41) is 6.01. The molecule has 1 N–H and O–H groups in total. The Kier molecular flexibility index (Phi) is 4.95. The number of nitrogens with one attached hydrogen (secondary N) is 1. The van der Waals surface area contributed by atoms with Crippen molar-refractivity contribution >= 4 is 33.3 Å². The van der Waals surface area contributed by atoms with Crippen molar-refractivity contribution in [2.45, 2.75) is 5.41 Å². The van der Waals surface area contributed by atoms with E-state index in [1.165, 1.54) is 55.6 Å². The molecule has 10 rings (SSSR count). The summed E-state index contributed by atoms with van der Waals surface area (Å²) in [5.74, 6) is 0. The van der Waals surface area contributed by atoms with Gasteiger partial charge in [-0.1, -0.05) is 121 Å². The van der Waals surface area contributed by atoms with Gasteiger partial charge in [-0.3, -0.25) is 0 Å². The first-order valence-corrected chi connectivity index (χ1v) is 15.5. The normalized spacial score (nSPS) is 13.5. The molecule has 0 atom stereocenters. The van der Waals surface area contributed by atoms with Crippen molar-refractivity contribution in [3.05, 3.63) is 180 Å². The van der Waals surface area contributed by atoms with Crippen molar-refractivity contribution in [2.75, 3.05) is 5.32 Å². The average Bonchev–Trinajstić information content (AvgIpc) is 3.73. The number of fused-ring (bicyclic) bond motifs is 13. The summed E-state index contributed by atoms with van der Waals surface area (Å²) in [6.07, 6.45) is 0. The molecule has 0 fully saturated rings. The van der Waals surface area contributed by atoms with Crippen molar-refractivity contribution in [3.63, 3.8) is 0 Å². The molecule has 0 unspecified atom stereocenters. The molecule has 2 nitrogen and oxygen atoms in total. The van der Waals surface area contributed by atoms with Crippen LogP contribution < -0.4 is 5.32 Å². The van der Waals surface area contributed by atoms with Crippen LogP contribution in [-0.2, 0) is 5.41 Å². The van der Waals surface area contributed by atoms with Gasteiger partial charge in [0.25, 0.3) is 0 Å². The third-order valence-electron chi connectivity index (χ3n) is 9.88. The van der Waals surface area contributed by atoms with Crippen LogP contribution in [0.25, 0.3) is 55.3 Å². The number of furan rings is 1. The summed E-state index contributed by atoms with van der Waals surface area (Å²) >= 11 is 0. The van der Waals surface area contributed by atoms with Crippen molar-refractivity contribution in [1.82, 2.24) is 0 Å². The van der Waals surface area contributed by atoms with Crippen LogP contribution >= 0.6 is 0 Å². The minimum absolute atomic E-state index is 0.308. The zero-order valence-electron chi connectivity index (χ0n) is 24.4. The standard InChI is InChI=1S/C43H27NO/c1-5-15-36-31(10-1)32-11-2-6-16-37(32)43(36)38-17-7-3-12-33(38)35-26-29(24-25-39(35)43)44-28-22-20-27(21-23-28)30-14-9-19-41-42(30)34-13-4-8-18-40(34)45-41/h1-26,44H. The van der Waals surface area contributed by atoms with Gasteiger partial charge in [0, 0.05) is 22.1 Å². The maximum Gasteiger partial charge on any atom is 0.136 e. The third kappa shape index (κ3) is 3.29. The summed E-state index contributed by atoms with van der Waals surface area (Å²) in [5.41, 5.74) is 16.7. The molecular weight excluding hydrogens is 546 g/mol. The molecule has 45 heavy (non-hydrogen) atoms. The van der Waals surface area contributed by atoms with Crippen LogP contribution in [0, 0.1) is 0 Å². The van der Waals surface area contributed by atoms with Crippen LogP contribution in [0.5, 0.6) is 0 Å². The molecule has 0 aliphatic heterocycles. The van der Waals surface area contributed by atoms with E-state index in [2.05, 4.69) is 145 Å². The first-order chi connectivity index (χ1) is 22.3. The highest BCUT2D eigenvalue weighted by Gasteiger charge is 2.51. The number of para-hydroxylation sites is 1. The number of hydrogen-bond acceptors (Lipinski definition) is 2. The van der Waals surface area contributed by atoms with E-state index in [-0.39, 0.29) is 5.41 Å². The maximum absolute atomic E-state index is 6.14. The Morgan fingerprint density at radius 1 is 0.400 bits per heavy atom. The maximum atomic E-state index is 6.14. The summed E-state index contributed by atoms with van der Waals surface area (Å²) in [6, 6.07) is 57.0. The fourth-order valence-electron chi connectivity index (χ4n) is 8.09. The van der Waals surface area contributed by atoms with Crippen LogP contribution in [0.2, 0.25) is 0 Å². The van der Waals surface area contributed by atoms with Gasteiger partial charge in [-0.25, -0.2) is 0 Å². The van der Waals surface area contributed by atoms with Crippen LogP contribution in [0.4, 0.5) is 11.4 Å².